The number of aryl methyl sites for hydroxylation is 1. The highest BCUT2D eigenvalue weighted by molar-refractivity contribution is 5.96. The molecule has 6 heteroatoms. The first-order valence-electron chi connectivity index (χ1n) is 10.7. The highest BCUT2D eigenvalue weighted by Gasteiger charge is 2.22. The third kappa shape index (κ3) is 4.05. The zero-order valence-corrected chi connectivity index (χ0v) is 18.0. The number of amides is 1. The summed E-state index contributed by atoms with van der Waals surface area (Å²) in [5, 5.41) is 3.10. The van der Waals surface area contributed by atoms with Crippen LogP contribution in [0.4, 0.5) is 0 Å². The Bertz CT molecular complexity index is 1010. The second-order valence-corrected chi connectivity index (χ2v) is 8.01. The lowest BCUT2D eigenvalue weighted by Gasteiger charge is -2.23. The molecule has 6 nitrogen and oxygen atoms in total. The van der Waals surface area contributed by atoms with Crippen molar-refractivity contribution in [3.05, 3.63) is 65.4 Å². The number of imidazole rings is 1. The standard InChI is InChI=1S/C24H30N4O2/c1-17-16-26-23(20-9-13-30-14-10-20)28(17)12-11-25-24(29)21-15-22(27(3)18(21)2)19-7-5-4-6-8-19/h4-8,15-16,20H,9-14H2,1-3H3,(H,25,29). The molecule has 1 N–H and O–H groups in total. The molecule has 30 heavy (non-hydrogen) atoms. The molecule has 3 aromatic rings. The maximum atomic E-state index is 12.9. The SMILES string of the molecule is Cc1c(C(=O)NCCn2c(C)cnc2C2CCOCC2)cc(-c2ccccc2)n1C. The first-order chi connectivity index (χ1) is 14.6. The average molecular weight is 407 g/mol. The van der Waals surface area contributed by atoms with Gasteiger partial charge in [-0.25, -0.2) is 4.98 Å². The van der Waals surface area contributed by atoms with Crippen LogP contribution >= 0.6 is 0 Å². The lowest BCUT2D eigenvalue weighted by atomic mass is 9.99. The van der Waals surface area contributed by atoms with E-state index in [1.165, 1.54) is 0 Å². The molecule has 0 aliphatic carbocycles. The lowest BCUT2D eigenvalue weighted by molar-refractivity contribution is 0.0827. The van der Waals surface area contributed by atoms with Gasteiger partial charge in [-0.3, -0.25) is 4.79 Å². The predicted molar refractivity (Wildman–Crippen MR) is 118 cm³/mol. The number of ether oxygens (including phenoxy) is 1. The van der Waals surface area contributed by atoms with E-state index in [0.29, 0.717) is 12.5 Å². The van der Waals surface area contributed by atoms with E-state index in [1.54, 1.807) is 0 Å². The van der Waals surface area contributed by atoms with Gasteiger partial charge in [0.2, 0.25) is 0 Å². The molecular formula is C24H30N4O2. The second kappa shape index (κ2) is 8.88. The summed E-state index contributed by atoms with van der Waals surface area (Å²) in [7, 11) is 2.00. The summed E-state index contributed by atoms with van der Waals surface area (Å²) in [5.41, 5.74) is 4.98. The van der Waals surface area contributed by atoms with Crippen LogP contribution in [0.15, 0.2) is 42.6 Å². The first-order valence-corrected chi connectivity index (χ1v) is 10.7. The third-order valence-electron chi connectivity index (χ3n) is 6.14. The Morgan fingerprint density at radius 3 is 2.67 bits per heavy atom. The largest absolute Gasteiger partial charge is 0.381 e. The topological polar surface area (TPSA) is 61.1 Å². The van der Waals surface area contributed by atoms with E-state index in [-0.39, 0.29) is 5.91 Å². The number of nitrogens with zero attached hydrogens (tertiary/aromatic N) is 3. The molecule has 158 valence electrons. The summed E-state index contributed by atoms with van der Waals surface area (Å²) in [6.45, 7) is 6.95. The molecule has 0 unspecified atom stereocenters. The van der Waals surface area contributed by atoms with Crippen molar-refractivity contribution >= 4 is 5.91 Å². The normalized spacial score (nSPS) is 14.8. The molecule has 1 saturated heterocycles. The van der Waals surface area contributed by atoms with Gasteiger partial charge in [0.25, 0.3) is 5.91 Å². The number of benzene rings is 1. The maximum Gasteiger partial charge on any atom is 0.253 e. The quantitative estimate of drug-likeness (QED) is 0.677. The fraction of sp³-hybridized carbons (Fsp3) is 0.417. The van der Waals surface area contributed by atoms with E-state index >= 15 is 0 Å². The minimum atomic E-state index is -0.0318. The smallest absolute Gasteiger partial charge is 0.253 e. The molecule has 0 spiro atoms. The van der Waals surface area contributed by atoms with E-state index in [9.17, 15) is 4.79 Å². The van der Waals surface area contributed by atoms with E-state index in [0.717, 1.165) is 66.6 Å². The van der Waals surface area contributed by atoms with Gasteiger partial charge in [0.05, 0.1) is 5.56 Å². The summed E-state index contributed by atoms with van der Waals surface area (Å²) in [4.78, 5) is 17.5. The summed E-state index contributed by atoms with van der Waals surface area (Å²) < 4.78 is 9.80. The number of nitrogens with one attached hydrogen (secondary N) is 1. The van der Waals surface area contributed by atoms with Crippen LogP contribution in [0, 0.1) is 13.8 Å². The van der Waals surface area contributed by atoms with Crippen molar-refractivity contribution in [1.29, 1.82) is 0 Å². The zero-order valence-electron chi connectivity index (χ0n) is 18.0. The Morgan fingerprint density at radius 2 is 1.93 bits per heavy atom. The van der Waals surface area contributed by atoms with E-state index in [4.69, 9.17) is 4.74 Å². The van der Waals surface area contributed by atoms with Crippen LogP contribution in [0.5, 0.6) is 0 Å². The maximum absolute atomic E-state index is 12.9. The molecule has 2 aromatic heterocycles. The van der Waals surface area contributed by atoms with Gasteiger partial charge in [-0.05, 0) is 38.3 Å². The van der Waals surface area contributed by atoms with Crippen molar-refractivity contribution < 1.29 is 9.53 Å². The number of carbonyl (C=O) groups is 1. The van der Waals surface area contributed by atoms with E-state index < -0.39 is 0 Å². The molecule has 1 aliphatic rings. The van der Waals surface area contributed by atoms with Gasteiger partial charge in [0.1, 0.15) is 5.82 Å². The van der Waals surface area contributed by atoms with Gasteiger partial charge in [-0.15, -0.1) is 0 Å². The summed E-state index contributed by atoms with van der Waals surface area (Å²) >= 11 is 0. The van der Waals surface area contributed by atoms with Crippen LogP contribution in [0.3, 0.4) is 0 Å². The molecule has 1 aromatic carbocycles. The van der Waals surface area contributed by atoms with Gasteiger partial charge in [0.15, 0.2) is 0 Å². The van der Waals surface area contributed by atoms with Crippen LogP contribution in [0.25, 0.3) is 11.3 Å². The highest BCUT2D eigenvalue weighted by Crippen LogP contribution is 2.27. The van der Waals surface area contributed by atoms with Gasteiger partial charge in [-0.1, -0.05) is 30.3 Å². The van der Waals surface area contributed by atoms with E-state index in [1.807, 2.05) is 44.4 Å². The van der Waals surface area contributed by atoms with Gasteiger partial charge < -0.3 is 19.2 Å². The predicted octanol–water partition coefficient (Wildman–Crippen LogP) is 3.83. The number of rotatable bonds is 6. The summed E-state index contributed by atoms with van der Waals surface area (Å²) in [6.07, 6.45) is 3.95. The van der Waals surface area contributed by atoms with Gasteiger partial charge in [0, 0.05) is 62.5 Å². The number of hydrogen-bond acceptors (Lipinski definition) is 3. The Morgan fingerprint density at radius 1 is 1.20 bits per heavy atom. The van der Waals surface area contributed by atoms with Crippen LogP contribution in [0.1, 0.15) is 46.3 Å². The summed E-state index contributed by atoms with van der Waals surface area (Å²) in [6, 6.07) is 12.1. The Hall–Kier alpha value is -2.86. The van der Waals surface area contributed by atoms with E-state index in [2.05, 4.69) is 38.5 Å². The average Bonchev–Trinajstić information content (AvgIpc) is 3.29. The van der Waals surface area contributed by atoms with Gasteiger partial charge >= 0.3 is 0 Å². The lowest BCUT2D eigenvalue weighted by Crippen LogP contribution is -2.29. The molecule has 4 rings (SSSR count). The van der Waals surface area contributed by atoms with Crippen LogP contribution in [-0.4, -0.2) is 39.8 Å². The van der Waals surface area contributed by atoms with Crippen molar-refractivity contribution in [2.75, 3.05) is 19.8 Å². The second-order valence-electron chi connectivity index (χ2n) is 8.01. The summed E-state index contributed by atoms with van der Waals surface area (Å²) in [5.74, 6) is 1.52. The Balaban J connectivity index is 1.43. The zero-order chi connectivity index (χ0) is 21.1. The Labute approximate surface area is 177 Å². The van der Waals surface area contributed by atoms with Gasteiger partial charge in [-0.2, -0.15) is 0 Å². The number of carbonyl (C=O) groups excluding carboxylic acids is 1. The fourth-order valence-corrected chi connectivity index (χ4v) is 4.24. The number of aromatic nitrogens is 3. The molecule has 0 bridgehead atoms. The molecule has 0 saturated carbocycles. The minimum absolute atomic E-state index is 0.0318. The van der Waals surface area contributed by atoms with Crippen molar-refractivity contribution in [1.82, 2.24) is 19.4 Å². The fourth-order valence-electron chi connectivity index (χ4n) is 4.24. The molecule has 1 aliphatic heterocycles. The van der Waals surface area contributed by atoms with Crippen molar-refractivity contribution in [2.45, 2.75) is 39.2 Å². The van der Waals surface area contributed by atoms with Crippen molar-refractivity contribution in [3.8, 4) is 11.3 Å². The molecular weight excluding hydrogens is 376 g/mol. The van der Waals surface area contributed by atoms with Crippen molar-refractivity contribution in [3.63, 3.8) is 0 Å². The van der Waals surface area contributed by atoms with Crippen molar-refractivity contribution in [2.24, 2.45) is 7.05 Å². The van der Waals surface area contributed by atoms with Crippen LogP contribution < -0.4 is 5.32 Å². The monoisotopic (exact) mass is 406 g/mol. The first kappa shape index (κ1) is 20.4. The minimum Gasteiger partial charge on any atom is -0.381 e. The highest BCUT2D eigenvalue weighted by atomic mass is 16.5. The third-order valence-corrected chi connectivity index (χ3v) is 6.14. The molecule has 1 amide bonds. The van der Waals surface area contributed by atoms with Crippen LogP contribution in [-0.2, 0) is 18.3 Å². The molecule has 0 radical (unpaired) electrons. The molecule has 0 atom stereocenters. The molecule has 1 fully saturated rings. The van der Waals surface area contributed by atoms with Crippen LogP contribution in [0.2, 0.25) is 0 Å². The Kier molecular flexibility index (Phi) is 6.04. The molecule has 3 heterocycles. The number of hydrogen-bond donors (Lipinski definition) is 1.